The Bertz CT molecular complexity index is 835. The maximum absolute atomic E-state index is 4.57. The molecule has 2 aromatic heterocycles. The third-order valence-electron chi connectivity index (χ3n) is 4.95. The highest BCUT2D eigenvalue weighted by molar-refractivity contribution is 5.36. The van der Waals surface area contributed by atoms with Crippen LogP contribution in [0.3, 0.4) is 0 Å². The van der Waals surface area contributed by atoms with E-state index in [0.717, 1.165) is 31.1 Å². The minimum atomic E-state index is 0.261. The highest BCUT2D eigenvalue weighted by Gasteiger charge is 2.20. The number of nitrogens with one attached hydrogen (secondary N) is 2. The van der Waals surface area contributed by atoms with Gasteiger partial charge in [-0.3, -0.25) is 0 Å². The molecule has 6 heteroatoms. The van der Waals surface area contributed by atoms with E-state index in [1.807, 2.05) is 46.0 Å². The molecule has 0 aliphatic carbocycles. The second-order valence-corrected chi connectivity index (χ2v) is 6.71. The van der Waals surface area contributed by atoms with Gasteiger partial charge >= 0.3 is 0 Å². The van der Waals surface area contributed by atoms with Gasteiger partial charge in [0.2, 0.25) is 0 Å². The molecule has 0 amide bonds. The standard InChI is InChI=1S/C19H24N6/c1-14(20-10-16-11-21-19-8-9-22-24(19)13-16)18-12-23-25(15(18)2)17-6-4-3-5-7-17/h3-9,12,14,16,20-21H,10-11,13H2,1-2H3/t14-,16+/m1/s1. The fourth-order valence-electron chi connectivity index (χ4n) is 3.45. The predicted octanol–water partition coefficient (Wildman–Crippen LogP) is 2.77. The van der Waals surface area contributed by atoms with Crippen molar-refractivity contribution in [1.82, 2.24) is 24.9 Å². The molecule has 0 saturated heterocycles. The van der Waals surface area contributed by atoms with Crippen molar-refractivity contribution in [3.63, 3.8) is 0 Å². The van der Waals surface area contributed by atoms with E-state index in [1.165, 1.54) is 11.3 Å². The van der Waals surface area contributed by atoms with Crippen LogP contribution in [0.5, 0.6) is 0 Å². The Morgan fingerprint density at radius 2 is 2.08 bits per heavy atom. The summed E-state index contributed by atoms with van der Waals surface area (Å²) in [5, 5.41) is 16.0. The van der Waals surface area contributed by atoms with Crippen LogP contribution in [0.2, 0.25) is 0 Å². The van der Waals surface area contributed by atoms with Gasteiger partial charge in [-0.2, -0.15) is 10.2 Å². The topological polar surface area (TPSA) is 59.7 Å². The molecule has 3 heterocycles. The first-order valence-electron chi connectivity index (χ1n) is 8.81. The zero-order valence-electron chi connectivity index (χ0n) is 14.7. The second-order valence-electron chi connectivity index (χ2n) is 6.71. The third-order valence-corrected chi connectivity index (χ3v) is 4.95. The van der Waals surface area contributed by atoms with E-state index in [2.05, 4.69) is 46.8 Å². The molecule has 1 aromatic carbocycles. The van der Waals surface area contributed by atoms with E-state index < -0.39 is 0 Å². The molecule has 1 aliphatic rings. The fraction of sp³-hybridized carbons (Fsp3) is 0.368. The lowest BCUT2D eigenvalue weighted by molar-refractivity contribution is 0.376. The normalized spacial score (nSPS) is 17.8. The highest BCUT2D eigenvalue weighted by atomic mass is 15.3. The quantitative estimate of drug-likeness (QED) is 0.752. The summed E-state index contributed by atoms with van der Waals surface area (Å²) in [4.78, 5) is 0. The van der Waals surface area contributed by atoms with Crippen LogP contribution in [0.4, 0.5) is 5.82 Å². The fourth-order valence-corrected chi connectivity index (χ4v) is 3.45. The number of aromatic nitrogens is 4. The SMILES string of the molecule is Cc1c([C@@H](C)NC[C@H]2CNc3ccnn3C2)cnn1-c1ccccc1. The number of nitrogens with zero attached hydrogens (tertiary/aromatic N) is 4. The van der Waals surface area contributed by atoms with Crippen molar-refractivity contribution in [2.45, 2.75) is 26.4 Å². The Morgan fingerprint density at radius 3 is 2.92 bits per heavy atom. The van der Waals surface area contributed by atoms with Crippen molar-refractivity contribution in [2.24, 2.45) is 5.92 Å². The summed E-state index contributed by atoms with van der Waals surface area (Å²) in [6.45, 7) is 7.22. The van der Waals surface area contributed by atoms with Gasteiger partial charge in [-0.1, -0.05) is 18.2 Å². The lowest BCUT2D eigenvalue weighted by Gasteiger charge is -2.26. The molecule has 3 aromatic rings. The van der Waals surface area contributed by atoms with Gasteiger partial charge in [0.25, 0.3) is 0 Å². The summed E-state index contributed by atoms with van der Waals surface area (Å²) < 4.78 is 4.05. The number of para-hydroxylation sites is 1. The van der Waals surface area contributed by atoms with Crippen molar-refractivity contribution in [2.75, 3.05) is 18.4 Å². The van der Waals surface area contributed by atoms with Crippen LogP contribution in [0, 0.1) is 12.8 Å². The van der Waals surface area contributed by atoms with Gasteiger partial charge in [0.05, 0.1) is 18.1 Å². The van der Waals surface area contributed by atoms with Gasteiger partial charge < -0.3 is 10.6 Å². The molecule has 1 aliphatic heterocycles. The van der Waals surface area contributed by atoms with Crippen molar-refractivity contribution >= 4 is 5.82 Å². The first-order chi connectivity index (χ1) is 12.2. The Morgan fingerprint density at radius 1 is 1.24 bits per heavy atom. The molecule has 0 unspecified atom stereocenters. The van der Waals surface area contributed by atoms with Crippen LogP contribution in [0.15, 0.2) is 48.8 Å². The molecular weight excluding hydrogens is 312 g/mol. The summed E-state index contributed by atoms with van der Waals surface area (Å²) in [6, 6.07) is 12.5. The maximum Gasteiger partial charge on any atom is 0.124 e. The monoisotopic (exact) mass is 336 g/mol. The minimum Gasteiger partial charge on any atom is -0.370 e. The van der Waals surface area contributed by atoms with E-state index in [4.69, 9.17) is 0 Å². The van der Waals surface area contributed by atoms with E-state index in [-0.39, 0.29) is 6.04 Å². The smallest absolute Gasteiger partial charge is 0.124 e. The molecule has 0 radical (unpaired) electrons. The average Bonchev–Trinajstić information content (AvgIpc) is 3.26. The molecule has 2 N–H and O–H groups in total. The van der Waals surface area contributed by atoms with Gasteiger partial charge in [0.15, 0.2) is 0 Å². The number of fused-ring (bicyclic) bond motifs is 1. The molecule has 6 nitrogen and oxygen atoms in total. The number of hydrogen-bond acceptors (Lipinski definition) is 4. The van der Waals surface area contributed by atoms with Gasteiger partial charge in [0.1, 0.15) is 5.82 Å². The summed E-state index contributed by atoms with van der Waals surface area (Å²) >= 11 is 0. The van der Waals surface area contributed by atoms with Crippen LogP contribution in [-0.4, -0.2) is 32.7 Å². The highest BCUT2D eigenvalue weighted by Crippen LogP contribution is 2.21. The Kier molecular flexibility index (Phi) is 4.28. The average molecular weight is 336 g/mol. The van der Waals surface area contributed by atoms with Crippen molar-refractivity contribution in [1.29, 1.82) is 0 Å². The summed E-state index contributed by atoms with van der Waals surface area (Å²) in [6.07, 6.45) is 3.83. The van der Waals surface area contributed by atoms with Crippen molar-refractivity contribution < 1.29 is 0 Å². The second kappa shape index (κ2) is 6.72. The van der Waals surface area contributed by atoms with E-state index in [9.17, 15) is 0 Å². The van der Waals surface area contributed by atoms with Crippen molar-refractivity contribution in [3.05, 3.63) is 60.0 Å². The number of benzene rings is 1. The maximum atomic E-state index is 4.57. The molecule has 0 fully saturated rings. The lowest BCUT2D eigenvalue weighted by Crippen LogP contribution is -2.36. The Balaban J connectivity index is 1.40. The first kappa shape index (κ1) is 15.9. The molecule has 130 valence electrons. The van der Waals surface area contributed by atoms with Crippen LogP contribution in [0.25, 0.3) is 5.69 Å². The largest absolute Gasteiger partial charge is 0.370 e. The summed E-state index contributed by atoms with van der Waals surface area (Å²) in [5.74, 6) is 1.64. The molecule has 0 spiro atoms. The predicted molar refractivity (Wildman–Crippen MR) is 98.9 cm³/mol. The van der Waals surface area contributed by atoms with Gasteiger partial charge in [-0.25, -0.2) is 9.36 Å². The molecule has 4 rings (SSSR count). The number of anilines is 1. The zero-order chi connectivity index (χ0) is 17.2. The van der Waals surface area contributed by atoms with E-state index in [0.29, 0.717) is 5.92 Å². The zero-order valence-corrected chi connectivity index (χ0v) is 14.7. The lowest BCUT2D eigenvalue weighted by atomic mass is 10.1. The Labute approximate surface area is 147 Å². The summed E-state index contributed by atoms with van der Waals surface area (Å²) in [7, 11) is 0. The molecule has 2 atom stereocenters. The van der Waals surface area contributed by atoms with Crippen LogP contribution in [-0.2, 0) is 6.54 Å². The Hall–Kier alpha value is -2.60. The van der Waals surface area contributed by atoms with Crippen LogP contribution in [0.1, 0.15) is 24.2 Å². The van der Waals surface area contributed by atoms with Crippen LogP contribution >= 0.6 is 0 Å². The van der Waals surface area contributed by atoms with E-state index in [1.54, 1.807) is 0 Å². The van der Waals surface area contributed by atoms with E-state index >= 15 is 0 Å². The third kappa shape index (κ3) is 3.17. The van der Waals surface area contributed by atoms with Gasteiger partial charge in [-0.05, 0) is 26.0 Å². The molecule has 25 heavy (non-hydrogen) atoms. The molecule has 0 saturated carbocycles. The first-order valence-corrected chi connectivity index (χ1v) is 8.81. The number of rotatable bonds is 5. The van der Waals surface area contributed by atoms with Gasteiger partial charge in [-0.15, -0.1) is 0 Å². The van der Waals surface area contributed by atoms with Crippen LogP contribution < -0.4 is 10.6 Å². The minimum absolute atomic E-state index is 0.261. The van der Waals surface area contributed by atoms with Crippen molar-refractivity contribution in [3.8, 4) is 5.69 Å². The molecular formula is C19H24N6. The number of hydrogen-bond donors (Lipinski definition) is 2. The summed E-state index contributed by atoms with van der Waals surface area (Å²) in [5.41, 5.74) is 3.52. The van der Waals surface area contributed by atoms with Gasteiger partial charge in [0, 0.05) is 48.9 Å². The molecule has 0 bridgehead atoms.